The van der Waals surface area contributed by atoms with Crippen LogP contribution in [0.1, 0.15) is 0 Å². The van der Waals surface area contributed by atoms with Crippen LogP contribution in [0.3, 0.4) is 0 Å². The molecule has 0 spiro atoms. The summed E-state index contributed by atoms with van der Waals surface area (Å²) in [5.74, 6) is 0. The van der Waals surface area contributed by atoms with Crippen LogP contribution in [0.4, 0.5) is 0 Å². The molecule has 0 fully saturated rings. The van der Waals surface area contributed by atoms with Crippen molar-refractivity contribution in [2.75, 3.05) is 0 Å². The second-order valence-electron chi connectivity index (χ2n) is 0.962. The first-order valence-corrected chi connectivity index (χ1v) is 1.67. The van der Waals surface area contributed by atoms with Gasteiger partial charge in [-0.25, -0.2) is 0 Å². The van der Waals surface area contributed by atoms with Crippen LogP contribution in [0.5, 0.6) is 0 Å². The molecule has 0 saturated heterocycles. The summed E-state index contributed by atoms with van der Waals surface area (Å²) in [4.78, 5) is 0. The van der Waals surface area contributed by atoms with E-state index in [0.29, 0.717) is 0 Å². The Morgan fingerprint density at radius 3 is 1.33 bits per heavy atom. The number of hydrogen-bond acceptors (Lipinski definition) is 0. The maximum absolute atomic E-state index is 2.00. The summed E-state index contributed by atoms with van der Waals surface area (Å²) in [5, 5.41) is 0. The molecule has 0 atom stereocenters. The van der Waals surface area contributed by atoms with Crippen molar-refractivity contribution in [3.8, 4) is 0 Å². The summed E-state index contributed by atoms with van der Waals surface area (Å²) >= 11 is 0. The van der Waals surface area contributed by atoms with Crippen molar-refractivity contribution < 1.29 is 46.9 Å². The predicted octanol–water partition coefficient (Wildman–Crippen LogP) is 1.32. The van der Waals surface area contributed by atoms with Gasteiger partial charge in [0.1, 0.15) is 0 Å². The van der Waals surface area contributed by atoms with Gasteiger partial charge in [0.05, 0.1) is 0 Å². The van der Waals surface area contributed by atoms with E-state index in [4.69, 9.17) is 0 Å². The second-order valence-corrected chi connectivity index (χ2v) is 0.962. The van der Waals surface area contributed by atoms with Crippen LogP contribution in [0, 0.1) is 53.3 Å². The Bertz CT molecular complexity index is 62.0. The van der Waals surface area contributed by atoms with Gasteiger partial charge in [0.2, 0.25) is 0 Å². The van der Waals surface area contributed by atoms with Crippen molar-refractivity contribution in [1.82, 2.24) is 0 Å². The predicted molar refractivity (Wildman–Crippen MR) is 22.6 cm³/mol. The van der Waals surface area contributed by atoms with Crippen molar-refractivity contribution in [2.45, 2.75) is 0 Å². The molecule has 0 N–H and O–H groups in total. The molecule has 1 heteroatoms. The van der Waals surface area contributed by atoms with Gasteiger partial charge in [-0.3, -0.25) is 0 Å². The molecule has 1 rings (SSSR count). The third kappa shape index (κ3) is 2.22. The van der Waals surface area contributed by atoms with Crippen molar-refractivity contribution in [1.29, 1.82) is 0 Å². The van der Waals surface area contributed by atoms with Gasteiger partial charge in [0.15, 0.2) is 0 Å². The minimum absolute atomic E-state index is 0. The van der Waals surface area contributed by atoms with Gasteiger partial charge >= 0.3 is 0 Å². The summed E-state index contributed by atoms with van der Waals surface area (Å²) < 4.78 is 0. The molecule has 1 aliphatic carbocycles. The SMILES string of the molecule is [CH]1C=CC=C1.[Yb]. The minimum Gasteiger partial charge on any atom is -0.0767 e. The van der Waals surface area contributed by atoms with Crippen molar-refractivity contribution >= 4 is 0 Å². The first kappa shape index (κ1) is 7.00. The van der Waals surface area contributed by atoms with Crippen LogP contribution in [0.15, 0.2) is 24.3 Å². The van der Waals surface area contributed by atoms with E-state index in [1.54, 1.807) is 0 Å². The molecule has 0 nitrogen and oxygen atoms in total. The van der Waals surface area contributed by atoms with Crippen molar-refractivity contribution in [3.63, 3.8) is 0 Å². The third-order valence-corrected chi connectivity index (χ3v) is 0.556. The minimum atomic E-state index is 0. The summed E-state index contributed by atoms with van der Waals surface area (Å²) in [5.41, 5.74) is 0. The van der Waals surface area contributed by atoms with Gasteiger partial charge < -0.3 is 0 Å². The molecular formula is C5H5Yb. The summed E-state index contributed by atoms with van der Waals surface area (Å²) in [6.07, 6.45) is 10.0. The van der Waals surface area contributed by atoms with E-state index in [2.05, 4.69) is 0 Å². The van der Waals surface area contributed by atoms with Crippen LogP contribution >= 0.6 is 0 Å². The molecule has 0 amide bonds. The van der Waals surface area contributed by atoms with E-state index >= 15 is 0 Å². The van der Waals surface area contributed by atoms with E-state index in [9.17, 15) is 0 Å². The van der Waals surface area contributed by atoms with Gasteiger partial charge in [0.25, 0.3) is 0 Å². The molecule has 1 radical (unpaired) electrons. The Labute approximate surface area is 76.6 Å². The molecule has 0 aliphatic heterocycles. The van der Waals surface area contributed by atoms with Gasteiger partial charge in [-0.2, -0.15) is 0 Å². The fourth-order valence-electron chi connectivity index (χ4n) is 0.321. The van der Waals surface area contributed by atoms with Gasteiger partial charge in [0, 0.05) is 53.3 Å². The smallest absolute Gasteiger partial charge is 0.00506 e. The Morgan fingerprint density at radius 1 is 0.667 bits per heavy atom. The fourth-order valence-corrected chi connectivity index (χ4v) is 0.321. The van der Waals surface area contributed by atoms with Gasteiger partial charge in [-0.05, 0) is 0 Å². The molecule has 0 bridgehead atoms. The molecule has 6 heavy (non-hydrogen) atoms. The van der Waals surface area contributed by atoms with Crippen molar-refractivity contribution in [2.24, 2.45) is 0 Å². The van der Waals surface area contributed by atoms with Crippen LogP contribution in [0.25, 0.3) is 0 Å². The third-order valence-electron chi connectivity index (χ3n) is 0.556. The summed E-state index contributed by atoms with van der Waals surface area (Å²) in [7, 11) is 0. The second kappa shape index (κ2) is 4.17. The molecular weight excluding hydrogens is 233 g/mol. The average Bonchev–Trinajstić information content (AvgIpc) is 1.76. The zero-order valence-corrected chi connectivity index (χ0v) is 4.87. The summed E-state index contributed by atoms with van der Waals surface area (Å²) in [6, 6.07) is 0. The van der Waals surface area contributed by atoms with Gasteiger partial charge in [-0.15, -0.1) is 0 Å². The number of allylic oxidation sites excluding steroid dienone is 4. The molecule has 0 unspecified atom stereocenters. The number of rotatable bonds is 0. The standard InChI is InChI=1S/C5H5.Yb/c1-2-4-5-3-1;/h1-5H;. The Kier molecular flexibility index (Phi) is 4.86. The van der Waals surface area contributed by atoms with E-state index in [1.807, 2.05) is 30.7 Å². The summed E-state index contributed by atoms with van der Waals surface area (Å²) in [6.45, 7) is 0. The van der Waals surface area contributed by atoms with Gasteiger partial charge in [-0.1, -0.05) is 24.3 Å². The van der Waals surface area contributed by atoms with Crippen LogP contribution < -0.4 is 0 Å². The van der Waals surface area contributed by atoms with E-state index in [1.165, 1.54) is 0 Å². The number of hydrogen-bond donors (Lipinski definition) is 0. The first-order chi connectivity index (χ1) is 2.50. The molecule has 0 saturated carbocycles. The normalized spacial score (nSPS) is 14.7. The zero-order valence-electron chi connectivity index (χ0n) is 3.15. The molecule has 0 aromatic carbocycles. The van der Waals surface area contributed by atoms with E-state index in [-0.39, 0.29) is 46.9 Å². The molecule has 39 valence electrons. The molecule has 1 aliphatic rings. The zero-order chi connectivity index (χ0) is 3.54. The maximum atomic E-state index is 2.00. The van der Waals surface area contributed by atoms with Crippen LogP contribution in [-0.2, 0) is 0 Å². The topological polar surface area (TPSA) is 0 Å². The van der Waals surface area contributed by atoms with Crippen LogP contribution in [0.2, 0.25) is 0 Å². The molecule has 0 heterocycles. The van der Waals surface area contributed by atoms with E-state index in [0.717, 1.165) is 0 Å². The Hall–Kier alpha value is 0.999. The largest absolute Gasteiger partial charge is 0.0767 e. The van der Waals surface area contributed by atoms with Crippen LogP contribution in [-0.4, -0.2) is 0 Å². The first-order valence-electron chi connectivity index (χ1n) is 1.67. The maximum Gasteiger partial charge on any atom is 0.00506 e. The Morgan fingerprint density at radius 2 is 1.17 bits per heavy atom. The molecule has 0 aromatic rings. The van der Waals surface area contributed by atoms with E-state index < -0.39 is 0 Å². The molecule has 0 aromatic heterocycles. The average molecular weight is 238 g/mol. The Balaban J connectivity index is 0.000000250. The quantitative estimate of drug-likeness (QED) is 0.597. The van der Waals surface area contributed by atoms with Crippen molar-refractivity contribution in [3.05, 3.63) is 30.7 Å². The fraction of sp³-hybridized carbons (Fsp3) is 0. The monoisotopic (exact) mass is 239 g/mol.